The highest BCUT2D eigenvalue weighted by molar-refractivity contribution is 7.14. The molecule has 0 aliphatic carbocycles. The van der Waals surface area contributed by atoms with Crippen molar-refractivity contribution in [3.63, 3.8) is 0 Å². The topological polar surface area (TPSA) is 65.9 Å². The SMILES string of the molecule is O=C(c1csc(N2CC(O)C2)n1)N1CCOCC1. The first-order valence-corrected chi connectivity index (χ1v) is 6.87. The van der Waals surface area contributed by atoms with Gasteiger partial charge in [-0.05, 0) is 0 Å². The lowest BCUT2D eigenvalue weighted by Crippen LogP contribution is -2.50. The lowest BCUT2D eigenvalue weighted by molar-refractivity contribution is 0.0299. The van der Waals surface area contributed by atoms with E-state index in [4.69, 9.17) is 4.74 Å². The van der Waals surface area contributed by atoms with Crippen molar-refractivity contribution in [1.82, 2.24) is 9.88 Å². The van der Waals surface area contributed by atoms with Crippen LogP contribution in [0.15, 0.2) is 5.38 Å². The van der Waals surface area contributed by atoms with Gasteiger partial charge in [-0.3, -0.25) is 4.79 Å². The number of thiazole rings is 1. The number of aliphatic hydroxyl groups excluding tert-OH is 1. The third kappa shape index (κ3) is 2.21. The molecule has 1 aromatic rings. The summed E-state index contributed by atoms with van der Waals surface area (Å²) in [5.41, 5.74) is 0.498. The summed E-state index contributed by atoms with van der Waals surface area (Å²) in [5, 5.41) is 11.9. The summed E-state index contributed by atoms with van der Waals surface area (Å²) < 4.78 is 5.22. The molecule has 0 spiro atoms. The van der Waals surface area contributed by atoms with Crippen molar-refractivity contribution in [3.05, 3.63) is 11.1 Å². The van der Waals surface area contributed by atoms with Crippen LogP contribution in [0, 0.1) is 0 Å². The van der Waals surface area contributed by atoms with Crippen LogP contribution in [-0.4, -0.2) is 66.4 Å². The summed E-state index contributed by atoms with van der Waals surface area (Å²) in [5.74, 6) is -0.0260. The fourth-order valence-electron chi connectivity index (χ4n) is 2.05. The molecule has 0 radical (unpaired) electrons. The van der Waals surface area contributed by atoms with Crippen LogP contribution in [0.3, 0.4) is 0 Å². The van der Waals surface area contributed by atoms with E-state index in [0.29, 0.717) is 45.1 Å². The van der Waals surface area contributed by atoms with Gasteiger partial charge in [0.25, 0.3) is 5.91 Å². The third-order valence-corrected chi connectivity index (χ3v) is 4.04. The fourth-order valence-corrected chi connectivity index (χ4v) is 2.87. The molecule has 3 heterocycles. The molecule has 2 fully saturated rings. The molecule has 1 N–H and O–H groups in total. The van der Waals surface area contributed by atoms with Gasteiger partial charge in [0, 0.05) is 31.6 Å². The maximum Gasteiger partial charge on any atom is 0.273 e. The summed E-state index contributed by atoms with van der Waals surface area (Å²) in [4.78, 5) is 20.2. The number of morpholine rings is 1. The van der Waals surface area contributed by atoms with Crippen molar-refractivity contribution in [2.45, 2.75) is 6.10 Å². The number of aromatic nitrogens is 1. The van der Waals surface area contributed by atoms with Crippen molar-refractivity contribution in [3.8, 4) is 0 Å². The van der Waals surface area contributed by atoms with Crippen LogP contribution in [-0.2, 0) is 4.74 Å². The number of ether oxygens (including phenoxy) is 1. The second-order valence-corrected chi connectivity index (χ2v) is 5.32. The number of carbonyl (C=O) groups is 1. The zero-order valence-corrected chi connectivity index (χ0v) is 10.7. The average molecular weight is 269 g/mol. The van der Waals surface area contributed by atoms with E-state index in [-0.39, 0.29) is 12.0 Å². The Morgan fingerprint density at radius 3 is 2.83 bits per heavy atom. The van der Waals surface area contributed by atoms with Crippen LogP contribution < -0.4 is 4.90 Å². The van der Waals surface area contributed by atoms with Crippen LogP contribution >= 0.6 is 11.3 Å². The van der Waals surface area contributed by atoms with Crippen LogP contribution in [0.2, 0.25) is 0 Å². The molecule has 98 valence electrons. The predicted molar refractivity (Wildman–Crippen MR) is 67.1 cm³/mol. The first-order valence-electron chi connectivity index (χ1n) is 5.99. The summed E-state index contributed by atoms with van der Waals surface area (Å²) in [6, 6.07) is 0. The molecule has 0 unspecified atom stereocenters. The normalized spacial score (nSPS) is 20.9. The van der Waals surface area contributed by atoms with Crippen molar-refractivity contribution in [2.24, 2.45) is 0 Å². The van der Waals surface area contributed by atoms with Gasteiger partial charge >= 0.3 is 0 Å². The Morgan fingerprint density at radius 2 is 2.17 bits per heavy atom. The molecule has 2 aliphatic rings. The summed E-state index contributed by atoms with van der Waals surface area (Å²) in [6.07, 6.45) is -0.257. The van der Waals surface area contributed by atoms with Crippen LogP contribution in [0.5, 0.6) is 0 Å². The number of hydrogen-bond acceptors (Lipinski definition) is 6. The molecule has 1 aromatic heterocycles. The molecule has 0 saturated carbocycles. The Morgan fingerprint density at radius 1 is 1.44 bits per heavy atom. The molecule has 2 saturated heterocycles. The van der Waals surface area contributed by atoms with E-state index in [2.05, 4.69) is 4.98 Å². The molecule has 18 heavy (non-hydrogen) atoms. The standard InChI is InChI=1S/C11H15N3O3S/c15-8-5-14(6-8)11-12-9(7-18-11)10(16)13-1-3-17-4-2-13/h7-8,15H,1-6H2. The highest BCUT2D eigenvalue weighted by Crippen LogP contribution is 2.25. The number of β-amino-alcohol motifs (C(OH)–C–C–N with tert-alkyl or cyclic N) is 1. The molecule has 0 bridgehead atoms. The molecule has 2 aliphatic heterocycles. The zero-order chi connectivity index (χ0) is 12.5. The highest BCUT2D eigenvalue weighted by Gasteiger charge is 2.28. The third-order valence-electron chi connectivity index (χ3n) is 3.14. The second-order valence-electron chi connectivity index (χ2n) is 4.48. The highest BCUT2D eigenvalue weighted by atomic mass is 32.1. The van der Waals surface area contributed by atoms with E-state index in [0.717, 1.165) is 5.13 Å². The van der Waals surface area contributed by atoms with Gasteiger partial charge in [0.15, 0.2) is 5.13 Å². The molecule has 3 rings (SSSR count). The Hall–Kier alpha value is -1.18. The first-order chi connectivity index (χ1) is 8.74. The van der Waals surface area contributed by atoms with E-state index in [9.17, 15) is 9.90 Å². The molecule has 7 heteroatoms. The monoisotopic (exact) mass is 269 g/mol. The molecule has 0 aromatic carbocycles. The van der Waals surface area contributed by atoms with Gasteiger partial charge in [0.1, 0.15) is 5.69 Å². The minimum absolute atomic E-state index is 0.0260. The molecule has 6 nitrogen and oxygen atoms in total. The van der Waals surface area contributed by atoms with Crippen molar-refractivity contribution in [1.29, 1.82) is 0 Å². The smallest absolute Gasteiger partial charge is 0.273 e. The number of anilines is 1. The lowest BCUT2D eigenvalue weighted by atomic mass is 10.2. The number of carbonyl (C=O) groups excluding carboxylic acids is 1. The van der Waals surface area contributed by atoms with Gasteiger partial charge in [-0.2, -0.15) is 0 Å². The number of hydrogen-bond donors (Lipinski definition) is 1. The van der Waals surface area contributed by atoms with Crippen molar-refractivity contribution < 1.29 is 14.6 Å². The van der Waals surface area contributed by atoms with E-state index in [1.54, 1.807) is 10.3 Å². The van der Waals surface area contributed by atoms with Gasteiger partial charge in [-0.15, -0.1) is 11.3 Å². The molecular weight excluding hydrogens is 254 g/mol. The van der Waals surface area contributed by atoms with Gasteiger partial charge in [0.2, 0.25) is 0 Å². The molecule has 1 amide bonds. The van der Waals surface area contributed by atoms with Crippen LogP contribution in [0.1, 0.15) is 10.5 Å². The summed E-state index contributed by atoms with van der Waals surface area (Å²) in [7, 11) is 0. The fraction of sp³-hybridized carbons (Fsp3) is 0.636. The Labute approximate surface area is 109 Å². The second kappa shape index (κ2) is 4.83. The van der Waals surface area contributed by atoms with Crippen molar-refractivity contribution >= 4 is 22.4 Å². The van der Waals surface area contributed by atoms with Gasteiger partial charge in [0.05, 0.1) is 19.3 Å². The number of rotatable bonds is 2. The Bertz CT molecular complexity index is 438. The van der Waals surface area contributed by atoms with Gasteiger partial charge < -0.3 is 19.6 Å². The Balaban J connectivity index is 1.66. The van der Waals surface area contributed by atoms with E-state index in [1.165, 1.54) is 11.3 Å². The minimum Gasteiger partial charge on any atom is -0.389 e. The van der Waals surface area contributed by atoms with Gasteiger partial charge in [-0.1, -0.05) is 0 Å². The summed E-state index contributed by atoms with van der Waals surface area (Å²) in [6.45, 7) is 3.68. The number of nitrogens with zero attached hydrogens (tertiary/aromatic N) is 3. The average Bonchev–Trinajstić information content (AvgIpc) is 2.84. The summed E-state index contributed by atoms with van der Waals surface area (Å²) >= 11 is 1.45. The molecular formula is C11H15N3O3S. The van der Waals surface area contributed by atoms with Crippen LogP contribution in [0.4, 0.5) is 5.13 Å². The maximum absolute atomic E-state index is 12.2. The largest absolute Gasteiger partial charge is 0.389 e. The quantitative estimate of drug-likeness (QED) is 0.805. The van der Waals surface area contributed by atoms with E-state index < -0.39 is 0 Å². The maximum atomic E-state index is 12.2. The number of amides is 1. The van der Waals surface area contributed by atoms with Crippen LogP contribution in [0.25, 0.3) is 0 Å². The first kappa shape index (κ1) is 11.9. The zero-order valence-electron chi connectivity index (χ0n) is 9.91. The molecule has 0 atom stereocenters. The lowest BCUT2D eigenvalue weighted by Gasteiger charge is -2.35. The van der Waals surface area contributed by atoms with E-state index in [1.807, 2.05) is 4.90 Å². The van der Waals surface area contributed by atoms with Crippen molar-refractivity contribution in [2.75, 3.05) is 44.3 Å². The Kier molecular flexibility index (Phi) is 3.19. The number of aliphatic hydroxyl groups is 1. The predicted octanol–water partition coefficient (Wildman–Crippen LogP) is -0.204. The minimum atomic E-state index is -0.257. The van der Waals surface area contributed by atoms with E-state index >= 15 is 0 Å². The van der Waals surface area contributed by atoms with Gasteiger partial charge in [-0.25, -0.2) is 4.98 Å².